The molecule has 0 unspecified atom stereocenters. The molecule has 0 aromatic heterocycles. The second-order valence-electron chi connectivity index (χ2n) is 4.30. The third-order valence-electron chi connectivity index (χ3n) is 2.67. The Labute approximate surface area is 138 Å². The Morgan fingerprint density at radius 1 is 0.955 bits per heavy atom. The van der Waals surface area contributed by atoms with Gasteiger partial charge in [-0.25, -0.2) is 0 Å². The van der Waals surface area contributed by atoms with Gasteiger partial charge >= 0.3 is 6.18 Å². The number of benzene rings is 2. The molecular weight excluding hydrogens is 362 g/mol. The Hall–Kier alpha value is -1.43. The van der Waals surface area contributed by atoms with Gasteiger partial charge in [-0.3, -0.25) is 4.79 Å². The number of halogens is 6. The van der Waals surface area contributed by atoms with Crippen LogP contribution in [0.5, 0.6) is 0 Å². The van der Waals surface area contributed by atoms with E-state index in [2.05, 4.69) is 5.32 Å². The number of rotatable bonds is 2. The standard InChI is InChI=1S/C14H7Cl3F3NO/c15-9-3-7(4-10(16)6-9)13(22)21-12-5-8(14(18,19)20)1-2-11(12)17/h1-6H,(H,21,22). The van der Waals surface area contributed by atoms with Crippen molar-refractivity contribution >= 4 is 46.4 Å². The first-order chi connectivity index (χ1) is 10.2. The van der Waals surface area contributed by atoms with E-state index < -0.39 is 17.6 Å². The summed E-state index contributed by atoms with van der Waals surface area (Å²) in [5.41, 5.74) is -0.972. The summed E-state index contributed by atoms with van der Waals surface area (Å²) >= 11 is 17.4. The Kier molecular flexibility index (Phi) is 4.90. The van der Waals surface area contributed by atoms with Crippen molar-refractivity contribution in [1.82, 2.24) is 0 Å². The summed E-state index contributed by atoms with van der Waals surface area (Å²) in [5, 5.41) is 2.75. The molecule has 2 aromatic carbocycles. The van der Waals surface area contributed by atoms with Crippen molar-refractivity contribution in [2.75, 3.05) is 5.32 Å². The largest absolute Gasteiger partial charge is 0.416 e. The lowest BCUT2D eigenvalue weighted by Crippen LogP contribution is -2.13. The van der Waals surface area contributed by atoms with Crippen LogP contribution in [-0.4, -0.2) is 5.91 Å². The lowest BCUT2D eigenvalue weighted by molar-refractivity contribution is -0.137. The Morgan fingerprint density at radius 3 is 2.09 bits per heavy atom. The van der Waals surface area contributed by atoms with E-state index >= 15 is 0 Å². The number of amides is 1. The molecule has 8 heteroatoms. The summed E-state index contributed by atoms with van der Waals surface area (Å²) in [6, 6.07) is 6.75. The Morgan fingerprint density at radius 2 is 1.55 bits per heavy atom. The maximum atomic E-state index is 12.7. The van der Waals surface area contributed by atoms with Crippen LogP contribution in [-0.2, 0) is 6.18 Å². The molecule has 0 saturated heterocycles. The van der Waals surface area contributed by atoms with Crippen molar-refractivity contribution in [1.29, 1.82) is 0 Å². The highest BCUT2D eigenvalue weighted by atomic mass is 35.5. The molecule has 0 fully saturated rings. The third kappa shape index (κ3) is 4.06. The Balaban J connectivity index is 2.32. The topological polar surface area (TPSA) is 29.1 Å². The fourth-order valence-corrected chi connectivity index (χ4v) is 2.37. The molecule has 1 N–H and O–H groups in total. The van der Waals surface area contributed by atoms with Crippen LogP contribution in [0.3, 0.4) is 0 Å². The van der Waals surface area contributed by atoms with Gasteiger partial charge in [0.25, 0.3) is 5.91 Å². The van der Waals surface area contributed by atoms with Crippen molar-refractivity contribution in [2.45, 2.75) is 6.18 Å². The highest BCUT2D eigenvalue weighted by molar-refractivity contribution is 6.36. The van der Waals surface area contributed by atoms with Gasteiger partial charge in [-0.05, 0) is 36.4 Å². The molecule has 0 atom stereocenters. The highest BCUT2D eigenvalue weighted by Crippen LogP contribution is 2.34. The summed E-state index contributed by atoms with van der Waals surface area (Å²) < 4.78 is 38.0. The van der Waals surface area contributed by atoms with E-state index in [1.807, 2.05) is 0 Å². The summed E-state index contributed by atoms with van der Waals surface area (Å²) in [4.78, 5) is 12.1. The molecule has 0 bridgehead atoms. The second-order valence-corrected chi connectivity index (χ2v) is 5.58. The molecule has 0 heterocycles. The number of carbonyl (C=O) groups excluding carboxylic acids is 1. The number of hydrogen-bond acceptors (Lipinski definition) is 1. The van der Waals surface area contributed by atoms with Crippen molar-refractivity contribution in [2.24, 2.45) is 0 Å². The van der Waals surface area contributed by atoms with Gasteiger partial charge in [-0.1, -0.05) is 34.8 Å². The average Bonchev–Trinajstić information content (AvgIpc) is 2.38. The van der Waals surface area contributed by atoms with E-state index in [9.17, 15) is 18.0 Å². The summed E-state index contributed by atoms with van der Waals surface area (Å²) in [7, 11) is 0. The fourth-order valence-electron chi connectivity index (χ4n) is 1.68. The van der Waals surface area contributed by atoms with Crippen molar-refractivity contribution < 1.29 is 18.0 Å². The van der Waals surface area contributed by atoms with Crippen LogP contribution in [0, 0.1) is 0 Å². The molecule has 2 rings (SSSR count). The van der Waals surface area contributed by atoms with Crippen LogP contribution in [0.1, 0.15) is 15.9 Å². The van der Waals surface area contributed by atoms with Gasteiger partial charge in [0.1, 0.15) is 0 Å². The minimum atomic E-state index is -4.54. The van der Waals surface area contributed by atoms with Gasteiger partial charge in [0.05, 0.1) is 16.3 Å². The molecule has 2 aromatic rings. The second kappa shape index (κ2) is 6.36. The minimum absolute atomic E-state index is 0.0190. The normalized spacial score (nSPS) is 11.4. The first-order valence-corrected chi connectivity index (χ1v) is 6.94. The maximum Gasteiger partial charge on any atom is 0.416 e. The zero-order chi connectivity index (χ0) is 16.5. The molecule has 22 heavy (non-hydrogen) atoms. The van der Waals surface area contributed by atoms with Crippen LogP contribution in [0.15, 0.2) is 36.4 Å². The molecule has 1 amide bonds. The van der Waals surface area contributed by atoms with Gasteiger partial charge in [0, 0.05) is 15.6 Å². The summed E-state index contributed by atoms with van der Waals surface area (Å²) in [5.74, 6) is -0.675. The van der Waals surface area contributed by atoms with E-state index in [0.29, 0.717) is 0 Å². The number of nitrogens with one attached hydrogen (secondary N) is 1. The van der Waals surface area contributed by atoms with E-state index in [1.54, 1.807) is 0 Å². The predicted molar refractivity (Wildman–Crippen MR) is 80.9 cm³/mol. The van der Waals surface area contributed by atoms with Crippen molar-refractivity contribution in [3.63, 3.8) is 0 Å². The van der Waals surface area contributed by atoms with Crippen LogP contribution >= 0.6 is 34.8 Å². The highest BCUT2D eigenvalue weighted by Gasteiger charge is 2.31. The SMILES string of the molecule is O=C(Nc1cc(C(F)(F)F)ccc1Cl)c1cc(Cl)cc(Cl)c1. The Bertz CT molecular complexity index is 712. The zero-order valence-corrected chi connectivity index (χ0v) is 12.9. The number of carbonyl (C=O) groups is 1. The number of anilines is 1. The number of alkyl halides is 3. The van der Waals surface area contributed by atoms with E-state index in [1.165, 1.54) is 18.2 Å². The quantitative estimate of drug-likeness (QED) is 0.700. The third-order valence-corrected chi connectivity index (χ3v) is 3.43. The number of hydrogen-bond donors (Lipinski definition) is 1. The van der Waals surface area contributed by atoms with E-state index in [-0.39, 0.29) is 26.3 Å². The molecule has 0 aliphatic rings. The van der Waals surface area contributed by atoms with Crippen LogP contribution < -0.4 is 5.32 Å². The van der Waals surface area contributed by atoms with Crippen molar-refractivity contribution in [3.05, 3.63) is 62.6 Å². The smallest absolute Gasteiger partial charge is 0.321 e. The lowest BCUT2D eigenvalue weighted by atomic mass is 10.1. The molecule has 0 radical (unpaired) electrons. The van der Waals surface area contributed by atoms with Gasteiger partial charge in [-0.2, -0.15) is 13.2 Å². The first kappa shape index (κ1) is 16.9. The van der Waals surface area contributed by atoms with Gasteiger partial charge < -0.3 is 5.32 Å². The molecule has 0 aliphatic carbocycles. The lowest BCUT2D eigenvalue weighted by Gasteiger charge is -2.12. The van der Waals surface area contributed by atoms with Crippen LogP contribution in [0.4, 0.5) is 18.9 Å². The minimum Gasteiger partial charge on any atom is -0.321 e. The first-order valence-electron chi connectivity index (χ1n) is 5.81. The molecule has 0 aliphatic heterocycles. The fraction of sp³-hybridized carbons (Fsp3) is 0.0714. The monoisotopic (exact) mass is 367 g/mol. The summed E-state index contributed by atoms with van der Waals surface area (Å²) in [6.07, 6.45) is -4.54. The average molecular weight is 369 g/mol. The van der Waals surface area contributed by atoms with Crippen LogP contribution in [0.25, 0.3) is 0 Å². The molecule has 2 nitrogen and oxygen atoms in total. The molecule has 116 valence electrons. The van der Waals surface area contributed by atoms with Crippen LogP contribution in [0.2, 0.25) is 15.1 Å². The van der Waals surface area contributed by atoms with Crippen molar-refractivity contribution in [3.8, 4) is 0 Å². The van der Waals surface area contributed by atoms with Gasteiger partial charge in [0.15, 0.2) is 0 Å². The van der Waals surface area contributed by atoms with E-state index in [0.717, 1.165) is 18.2 Å². The molecule has 0 spiro atoms. The molecular formula is C14H7Cl3F3NO. The predicted octanol–water partition coefficient (Wildman–Crippen LogP) is 5.92. The molecule has 0 saturated carbocycles. The maximum absolute atomic E-state index is 12.7. The summed E-state index contributed by atoms with van der Waals surface area (Å²) in [6.45, 7) is 0. The zero-order valence-electron chi connectivity index (χ0n) is 10.6. The van der Waals surface area contributed by atoms with Gasteiger partial charge in [-0.15, -0.1) is 0 Å². The van der Waals surface area contributed by atoms with E-state index in [4.69, 9.17) is 34.8 Å². The van der Waals surface area contributed by atoms with Gasteiger partial charge in [0.2, 0.25) is 0 Å².